The lowest BCUT2D eigenvalue weighted by atomic mass is 10.1. The second-order valence-electron chi connectivity index (χ2n) is 3.67. The highest BCUT2D eigenvalue weighted by atomic mass is 127. The van der Waals surface area contributed by atoms with E-state index in [9.17, 15) is 0 Å². The molecular weight excluding hydrogens is 311 g/mol. The molecule has 0 amide bonds. The fourth-order valence-corrected chi connectivity index (χ4v) is 2.02. The van der Waals surface area contributed by atoms with Crippen LogP contribution in [0.15, 0.2) is 42.7 Å². The molecule has 1 heterocycles. The largest absolute Gasteiger partial charge is 0.381 e. The van der Waals surface area contributed by atoms with E-state index in [1.54, 1.807) is 0 Å². The fraction of sp³-hybridized carbons (Fsp3) is 0.154. The number of rotatable bonds is 3. The molecule has 0 atom stereocenters. The van der Waals surface area contributed by atoms with E-state index >= 15 is 0 Å². The highest BCUT2D eigenvalue weighted by Crippen LogP contribution is 2.14. The van der Waals surface area contributed by atoms with E-state index in [1.165, 1.54) is 14.7 Å². The van der Waals surface area contributed by atoms with Crippen LogP contribution in [0.3, 0.4) is 0 Å². The van der Waals surface area contributed by atoms with Crippen molar-refractivity contribution >= 4 is 28.3 Å². The number of hydrogen-bond donors (Lipinski definition) is 1. The van der Waals surface area contributed by atoms with E-state index in [2.05, 4.69) is 64.1 Å². The summed E-state index contributed by atoms with van der Waals surface area (Å²) in [6, 6.07) is 10.4. The lowest BCUT2D eigenvalue weighted by molar-refractivity contribution is 1.08. The summed E-state index contributed by atoms with van der Waals surface area (Å²) in [6.07, 6.45) is 3.74. The maximum absolute atomic E-state index is 4.13. The van der Waals surface area contributed by atoms with Gasteiger partial charge in [0.1, 0.15) is 0 Å². The molecule has 0 radical (unpaired) electrons. The SMILES string of the molecule is Cc1ccncc1CNc1cccc(I)c1. The molecule has 1 N–H and O–H groups in total. The number of halogens is 1. The number of anilines is 1. The number of aromatic nitrogens is 1. The predicted octanol–water partition coefficient (Wildman–Crippen LogP) is 3.61. The van der Waals surface area contributed by atoms with Crippen molar-refractivity contribution in [3.63, 3.8) is 0 Å². The van der Waals surface area contributed by atoms with Gasteiger partial charge in [-0.3, -0.25) is 4.98 Å². The predicted molar refractivity (Wildman–Crippen MR) is 75.5 cm³/mol. The van der Waals surface area contributed by atoms with E-state index in [4.69, 9.17) is 0 Å². The van der Waals surface area contributed by atoms with Crippen LogP contribution in [0, 0.1) is 10.5 Å². The first-order valence-electron chi connectivity index (χ1n) is 5.14. The molecule has 1 aromatic heterocycles. The average Bonchev–Trinajstić information content (AvgIpc) is 2.28. The van der Waals surface area contributed by atoms with Gasteiger partial charge in [-0.15, -0.1) is 0 Å². The molecule has 0 spiro atoms. The molecule has 82 valence electrons. The van der Waals surface area contributed by atoms with E-state index in [-0.39, 0.29) is 0 Å². The lowest BCUT2D eigenvalue weighted by Gasteiger charge is -2.08. The number of pyridine rings is 1. The lowest BCUT2D eigenvalue weighted by Crippen LogP contribution is -2.01. The van der Waals surface area contributed by atoms with Crippen molar-refractivity contribution < 1.29 is 0 Å². The molecule has 0 saturated carbocycles. The minimum absolute atomic E-state index is 0.819. The average molecular weight is 324 g/mol. The summed E-state index contributed by atoms with van der Waals surface area (Å²) in [6.45, 7) is 2.92. The van der Waals surface area contributed by atoms with Gasteiger partial charge in [0.2, 0.25) is 0 Å². The summed E-state index contributed by atoms with van der Waals surface area (Å²) < 4.78 is 1.24. The normalized spacial score (nSPS) is 10.1. The van der Waals surface area contributed by atoms with Gasteiger partial charge in [-0.25, -0.2) is 0 Å². The van der Waals surface area contributed by atoms with E-state index < -0.39 is 0 Å². The first-order chi connectivity index (χ1) is 7.75. The van der Waals surface area contributed by atoms with Gasteiger partial charge in [-0.1, -0.05) is 6.07 Å². The van der Waals surface area contributed by atoms with Gasteiger partial charge in [0, 0.05) is 28.2 Å². The second kappa shape index (κ2) is 5.30. The molecule has 16 heavy (non-hydrogen) atoms. The smallest absolute Gasteiger partial charge is 0.0418 e. The molecule has 1 aromatic carbocycles. The van der Waals surface area contributed by atoms with Gasteiger partial charge >= 0.3 is 0 Å². The highest BCUT2D eigenvalue weighted by Gasteiger charge is 1.98. The summed E-state index contributed by atoms with van der Waals surface area (Å²) in [5, 5.41) is 3.40. The van der Waals surface area contributed by atoms with Gasteiger partial charge in [-0.05, 0) is 64.9 Å². The Hall–Kier alpha value is -1.10. The maximum Gasteiger partial charge on any atom is 0.0418 e. The van der Waals surface area contributed by atoms with Crippen LogP contribution >= 0.6 is 22.6 Å². The van der Waals surface area contributed by atoms with Gasteiger partial charge in [0.25, 0.3) is 0 Å². The highest BCUT2D eigenvalue weighted by molar-refractivity contribution is 14.1. The Bertz CT molecular complexity index is 483. The van der Waals surface area contributed by atoms with Gasteiger partial charge < -0.3 is 5.32 Å². The number of nitrogens with zero attached hydrogens (tertiary/aromatic N) is 1. The van der Waals surface area contributed by atoms with Crippen molar-refractivity contribution in [2.45, 2.75) is 13.5 Å². The summed E-state index contributed by atoms with van der Waals surface area (Å²) in [5.74, 6) is 0. The molecule has 0 unspecified atom stereocenters. The van der Waals surface area contributed by atoms with Crippen LogP contribution in [0.2, 0.25) is 0 Å². The number of aryl methyl sites for hydroxylation is 1. The Labute approximate surface area is 109 Å². The molecule has 0 fully saturated rings. The Morgan fingerprint density at radius 2 is 2.19 bits per heavy atom. The molecule has 0 aliphatic rings. The Kier molecular flexibility index (Phi) is 3.77. The summed E-state index contributed by atoms with van der Waals surface area (Å²) in [7, 11) is 0. The Morgan fingerprint density at radius 1 is 1.31 bits per heavy atom. The second-order valence-corrected chi connectivity index (χ2v) is 4.91. The quantitative estimate of drug-likeness (QED) is 0.873. The topological polar surface area (TPSA) is 24.9 Å². The van der Waals surface area contributed by atoms with Gasteiger partial charge in [0.05, 0.1) is 0 Å². The molecular formula is C13H13IN2. The van der Waals surface area contributed by atoms with Crippen molar-refractivity contribution in [2.24, 2.45) is 0 Å². The zero-order valence-electron chi connectivity index (χ0n) is 9.07. The van der Waals surface area contributed by atoms with E-state index in [1.807, 2.05) is 18.5 Å². The first kappa shape index (κ1) is 11.4. The van der Waals surface area contributed by atoms with Crippen LogP contribution in [0.1, 0.15) is 11.1 Å². The number of hydrogen-bond acceptors (Lipinski definition) is 2. The fourth-order valence-electron chi connectivity index (χ4n) is 1.48. The first-order valence-corrected chi connectivity index (χ1v) is 6.22. The zero-order chi connectivity index (χ0) is 11.4. The third-order valence-corrected chi connectivity index (χ3v) is 3.13. The van der Waals surface area contributed by atoms with Gasteiger partial charge in [0.15, 0.2) is 0 Å². The van der Waals surface area contributed by atoms with E-state index in [0.29, 0.717) is 0 Å². The number of benzene rings is 1. The van der Waals surface area contributed by atoms with Crippen molar-refractivity contribution in [1.82, 2.24) is 4.98 Å². The van der Waals surface area contributed by atoms with Crippen LogP contribution in [0.4, 0.5) is 5.69 Å². The molecule has 0 saturated heterocycles. The van der Waals surface area contributed by atoms with Crippen molar-refractivity contribution in [1.29, 1.82) is 0 Å². The molecule has 0 aliphatic heterocycles. The minimum Gasteiger partial charge on any atom is -0.381 e. The Morgan fingerprint density at radius 3 is 2.94 bits per heavy atom. The summed E-state index contributed by atoms with van der Waals surface area (Å²) in [5.41, 5.74) is 3.66. The van der Waals surface area contributed by atoms with Crippen molar-refractivity contribution in [3.05, 3.63) is 57.4 Å². The third-order valence-electron chi connectivity index (χ3n) is 2.46. The molecule has 2 rings (SSSR count). The van der Waals surface area contributed by atoms with Gasteiger partial charge in [-0.2, -0.15) is 0 Å². The van der Waals surface area contributed by atoms with Crippen molar-refractivity contribution in [3.8, 4) is 0 Å². The van der Waals surface area contributed by atoms with Crippen LogP contribution < -0.4 is 5.32 Å². The molecule has 0 aliphatic carbocycles. The van der Waals surface area contributed by atoms with Crippen LogP contribution in [0.25, 0.3) is 0 Å². The number of nitrogens with one attached hydrogen (secondary N) is 1. The molecule has 0 bridgehead atoms. The summed E-state index contributed by atoms with van der Waals surface area (Å²) in [4.78, 5) is 4.13. The monoisotopic (exact) mass is 324 g/mol. The van der Waals surface area contributed by atoms with Crippen molar-refractivity contribution in [2.75, 3.05) is 5.32 Å². The molecule has 2 aromatic rings. The standard InChI is InChI=1S/C13H13IN2/c1-10-5-6-15-8-11(10)9-16-13-4-2-3-12(14)7-13/h2-8,16H,9H2,1H3. The third kappa shape index (κ3) is 2.95. The Balaban J connectivity index is 2.05. The maximum atomic E-state index is 4.13. The van der Waals surface area contributed by atoms with E-state index in [0.717, 1.165) is 12.2 Å². The van der Waals surface area contributed by atoms with Crippen LogP contribution in [-0.2, 0) is 6.54 Å². The summed E-state index contributed by atoms with van der Waals surface area (Å²) >= 11 is 2.31. The molecule has 3 heteroatoms. The van der Waals surface area contributed by atoms with Crippen LogP contribution in [-0.4, -0.2) is 4.98 Å². The molecule has 2 nitrogen and oxygen atoms in total. The zero-order valence-corrected chi connectivity index (χ0v) is 11.2. The minimum atomic E-state index is 0.819. The van der Waals surface area contributed by atoms with Crippen LogP contribution in [0.5, 0.6) is 0 Å².